The zero-order valence-corrected chi connectivity index (χ0v) is 18.7. The quantitative estimate of drug-likeness (QED) is 0.322. The number of hydrogen-bond donors (Lipinski definition) is 5. The first kappa shape index (κ1) is 24.0. The van der Waals surface area contributed by atoms with Gasteiger partial charge in [0.1, 0.15) is 12.1 Å². The van der Waals surface area contributed by atoms with Crippen LogP contribution in [0.1, 0.15) is 25.0 Å². The standard InChI is InChI=1S/C25H30N4O4/c1-15(2)22(25(32)33)29-24(31)21(13-17-14-27-20-11-7-6-10-18(17)20)28-23(30)19(26)12-16-8-4-3-5-9-16/h3-11,14-15,19,21-22,27H,12-13,26H2,1-2H3,(H,28,30)(H,29,31)(H,32,33). The molecule has 3 atom stereocenters. The minimum atomic E-state index is -1.13. The number of H-pyrrole nitrogens is 1. The molecule has 174 valence electrons. The molecular formula is C25H30N4O4. The summed E-state index contributed by atoms with van der Waals surface area (Å²) in [7, 11) is 0. The highest BCUT2D eigenvalue weighted by Gasteiger charge is 2.30. The lowest BCUT2D eigenvalue weighted by molar-refractivity contribution is -0.143. The molecule has 1 heterocycles. The Labute approximate surface area is 192 Å². The van der Waals surface area contributed by atoms with E-state index in [0.29, 0.717) is 6.42 Å². The van der Waals surface area contributed by atoms with E-state index in [-0.39, 0.29) is 12.3 Å². The Morgan fingerprint density at radius 2 is 1.61 bits per heavy atom. The summed E-state index contributed by atoms with van der Waals surface area (Å²) in [5, 5.41) is 15.7. The lowest BCUT2D eigenvalue weighted by Gasteiger charge is -2.24. The summed E-state index contributed by atoms with van der Waals surface area (Å²) < 4.78 is 0. The molecule has 0 radical (unpaired) electrons. The zero-order valence-electron chi connectivity index (χ0n) is 18.7. The van der Waals surface area contributed by atoms with Gasteiger partial charge < -0.3 is 26.5 Å². The Kier molecular flexibility index (Phi) is 7.84. The first-order valence-electron chi connectivity index (χ1n) is 10.9. The van der Waals surface area contributed by atoms with Crippen molar-refractivity contribution in [2.75, 3.05) is 0 Å². The molecule has 6 N–H and O–H groups in total. The van der Waals surface area contributed by atoms with Gasteiger partial charge in [0.2, 0.25) is 11.8 Å². The second-order valence-corrected chi connectivity index (χ2v) is 8.49. The molecule has 3 rings (SSSR count). The maximum Gasteiger partial charge on any atom is 0.326 e. The monoisotopic (exact) mass is 450 g/mol. The molecule has 1 aromatic heterocycles. The van der Waals surface area contributed by atoms with Crippen molar-refractivity contribution >= 4 is 28.7 Å². The van der Waals surface area contributed by atoms with Crippen LogP contribution in [0.2, 0.25) is 0 Å². The van der Waals surface area contributed by atoms with Gasteiger partial charge >= 0.3 is 5.97 Å². The van der Waals surface area contributed by atoms with Crippen molar-refractivity contribution in [2.24, 2.45) is 11.7 Å². The number of carbonyl (C=O) groups is 3. The summed E-state index contributed by atoms with van der Waals surface area (Å²) in [5.41, 5.74) is 8.76. The van der Waals surface area contributed by atoms with Gasteiger partial charge in [-0.1, -0.05) is 62.4 Å². The summed E-state index contributed by atoms with van der Waals surface area (Å²) in [5.74, 6) is -2.50. The van der Waals surface area contributed by atoms with Crippen LogP contribution in [0.5, 0.6) is 0 Å². The fourth-order valence-electron chi connectivity index (χ4n) is 3.74. The highest BCUT2D eigenvalue weighted by molar-refractivity contribution is 5.93. The van der Waals surface area contributed by atoms with Crippen LogP contribution in [-0.4, -0.2) is 46.0 Å². The molecule has 0 bridgehead atoms. The molecule has 0 saturated heterocycles. The number of fused-ring (bicyclic) bond motifs is 1. The van der Waals surface area contributed by atoms with E-state index >= 15 is 0 Å². The van der Waals surface area contributed by atoms with E-state index in [9.17, 15) is 19.5 Å². The molecule has 0 fully saturated rings. The zero-order chi connectivity index (χ0) is 24.0. The van der Waals surface area contributed by atoms with Crippen LogP contribution in [0.25, 0.3) is 10.9 Å². The first-order valence-corrected chi connectivity index (χ1v) is 10.9. The lowest BCUT2D eigenvalue weighted by Crippen LogP contribution is -2.56. The minimum absolute atomic E-state index is 0.185. The predicted molar refractivity (Wildman–Crippen MR) is 126 cm³/mol. The van der Waals surface area contributed by atoms with Gasteiger partial charge in [-0.25, -0.2) is 4.79 Å². The van der Waals surface area contributed by atoms with Gasteiger partial charge in [0.15, 0.2) is 0 Å². The number of rotatable bonds is 10. The van der Waals surface area contributed by atoms with Gasteiger partial charge in [-0.3, -0.25) is 9.59 Å². The van der Waals surface area contributed by atoms with Crippen molar-refractivity contribution in [2.45, 2.75) is 44.8 Å². The number of carboxylic acids is 1. The molecule has 0 saturated carbocycles. The normalized spacial score (nSPS) is 13.9. The average Bonchev–Trinajstić information content (AvgIpc) is 3.19. The average molecular weight is 451 g/mol. The topological polar surface area (TPSA) is 137 Å². The molecule has 3 aromatic rings. The van der Waals surface area contributed by atoms with E-state index in [1.807, 2.05) is 54.6 Å². The van der Waals surface area contributed by atoms with Crippen LogP contribution in [0.3, 0.4) is 0 Å². The number of hydrogen-bond acceptors (Lipinski definition) is 4. The molecule has 8 heteroatoms. The molecule has 0 aliphatic rings. The maximum absolute atomic E-state index is 13.1. The van der Waals surface area contributed by atoms with Crippen LogP contribution in [0, 0.1) is 5.92 Å². The van der Waals surface area contributed by atoms with E-state index in [1.54, 1.807) is 20.0 Å². The van der Waals surface area contributed by atoms with E-state index < -0.39 is 35.9 Å². The Morgan fingerprint density at radius 1 is 0.939 bits per heavy atom. The Morgan fingerprint density at radius 3 is 2.27 bits per heavy atom. The van der Waals surface area contributed by atoms with Crippen molar-refractivity contribution in [3.05, 3.63) is 71.9 Å². The number of benzene rings is 2. The second-order valence-electron chi connectivity index (χ2n) is 8.49. The highest BCUT2D eigenvalue weighted by Crippen LogP contribution is 2.19. The molecule has 0 aliphatic heterocycles. The number of nitrogens with one attached hydrogen (secondary N) is 3. The maximum atomic E-state index is 13.1. The van der Waals surface area contributed by atoms with Crippen molar-refractivity contribution in [1.29, 1.82) is 0 Å². The molecule has 33 heavy (non-hydrogen) atoms. The predicted octanol–water partition coefficient (Wildman–Crippen LogP) is 1.99. The van der Waals surface area contributed by atoms with E-state index in [4.69, 9.17) is 5.73 Å². The van der Waals surface area contributed by atoms with Crippen LogP contribution < -0.4 is 16.4 Å². The summed E-state index contributed by atoms with van der Waals surface area (Å²) in [6.45, 7) is 3.42. The number of aliphatic carboxylic acids is 1. The number of nitrogens with two attached hydrogens (primary N) is 1. The lowest BCUT2D eigenvalue weighted by atomic mass is 10.0. The molecule has 3 unspecified atom stereocenters. The van der Waals surface area contributed by atoms with Crippen molar-refractivity contribution in [3.63, 3.8) is 0 Å². The molecule has 0 aliphatic carbocycles. The van der Waals surface area contributed by atoms with Crippen LogP contribution in [0.15, 0.2) is 60.8 Å². The van der Waals surface area contributed by atoms with E-state index in [0.717, 1.165) is 22.0 Å². The number of para-hydroxylation sites is 1. The number of aromatic nitrogens is 1. The van der Waals surface area contributed by atoms with E-state index in [2.05, 4.69) is 15.6 Å². The third-order valence-electron chi connectivity index (χ3n) is 5.60. The van der Waals surface area contributed by atoms with Gasteiger partial charge in [0.05, 0.1) is 6.04 Å². The van der Waals surface area contributed by atoms with Gasteiger partial charge in [-0.15, -0.1) is 0 Å². The van der Waals surface area contributed by atoms with Gasteiger partial charge in [0.25, 0.3) is 0 Å². The van der Waals surface area contributed by atoms with Crippen molar-refractivity contribution in [1.82, 2.24) is 15.6 Å². The number of amides is 2. The summed E-state index contributed by atoms with van der Waals surface area (Å²) >= 11 is 0. The minimum Gasteiger partial charge on any atom is -0.480 e. The Hall–Kier alpha value is -3.65. The highest BCUT2D eigenvalue weighted by atomic mass is 16.4. The van der Waals surface area contributed by atoms with Gasteiger partial charge in [-0.2, -0.15) is 0 Å². The number of carbonyl (C=O) groups excluding carboxylic acids is 2. The summed E-state index contributed by atoms with van der Waals surface area (Å²) in [4.78, 5) is 40.7. The van der Waals surface area contributed by atoms with Crippen molar-refractivity contribution in [3.8, 4) is 0 Å². The number of aromatic amines is 1. The third kappa shape index (κ3) is 6.20. The summed E-state index contributed by atoms with van der Waals surface area (Å²) in [6, 6.07) is 14.1. The molecule has 8 nitrogen and oxygen atoms in total. The SMILES string of the molecule is CC(C)C(NC(=O)C(Cc1c[nH]c2ccccc12)NC(=O)C(N)Cc1ccccc1)C(=O)O. The van der Waals surface area contributed by atoms with Crippen LogP contribution in [-0.2, 0) is 27.2 Å². The fraction of sp³-hybridized carbons (Fsp3) is 0.320. The first-order chi connectivity index (χ1) is 15.8. The summed E-state index contributed by atoms with van der Waals surface area (Å²) in [6.07, 6.45) is 2.29. The Bertz CT molecular complexity index is 1110. The van der Waals surface area contributed by atoms with Gasteiger partial charge in [-0.05, 0) is 29.5 Å². The molecule has 2 aromatic carbocycles. The largest absolute Gasteiger partial charge is 0.480 e. The van der Waals surface area contributed by atoms with Crippen LogP contribution in [0.4, 0.5) is 0 Å². The fourth-order valence-corrected chi connectivity index (χ4v) is 3.74. The Balaban J connectivity index is 1.80. The van der Waals surface area contributed by atoms with Gasteiger partial charge in [0, 0.05) is 23.5 Å². The molecule has 0 spiro atoms. The smallest absolute Gasteiger partial charge is 0.326 e. The number of carboxylic acid groups (broad SMARTS) is 1. The molecular weight excluding hydrogens is 420 g/mol. The van der Waals surface area contributed by atoms with Crippen molar-refractivity contribution < 1.29 is 19.5 Å². The van der Waals surface area contributed by atoms with Crippen LogP contribution >= 0.6 is 0 Å². The van der Waals surface area contributed by atoms with E-state index in [1.165, 1.54) is 0 Å². The molecule has 2 amide bonds. The third-order valence-corrected chi connectivity index (χ3v) is 5.60. The second kappa shape index (κ2) is 10.8.